The van der Waals surface area contributed by atoms with E-state index in [0.29, 0.717) is 5.92 Å². The minimum Gasteiger partial charge on any atom is -0.445 e. The van der Waals surface area contributed by atoms with Gasteiger partial charge in [0.05, 0.1) is 0 Å². The molecule has 2 rings (SSSR count). The number of piperidine rings is 1. The van der Waals surface area contributed by atoms with Crippen molar-refractivity contribution in [1.29, 1.82) is 0 Å². The second-order valence-electron chi connectivity index (χ2n) is 6.76. The molecule has 0 aromatic heterocycles. The molecular weight excluding hydrogens is 301 g/mol. The second-order valence-corrected chi connectivity index (χ2v) is 6.76. The zero-order valence-electron chi connectivity index (χ0n) is 13.4. The Balaban J connectivity index is 0.00000220. The Morgan fingerprint density at radius 2 is 1.76 bits per heavy atom. The molecule has 2 fully saturated rings. The molecule has 2 aliphatic rings. The van der Waals surface area contributed by atoms with Crippen LogP contribution in [0.3, 0.4) is 0 Å². The van der Waals surface area contributed by atoms with E-state index in [0.717, 1.165) is 45.1 Å². The summed E-state index contributed by atoms with van der Waals surface area (Å²) in [6.45, 7) is 1.52. The molecule has 1 N–H and O–H groups in total. The van der Waals surface area contributed by atoms with Crippen LogP contribution < -0.4 is 56.7 Å². The van der Waals surface area contributed by atoms with Crippen molar-refractivity contribution in [3.8, 4) is 0 Å². The van der Waals surface area contributed by atoms with Gasteiger partial charge in [-0.3, -0.25) is 0 Å². The zero-order valence-corrected chi connectivity index (χ0v) is 16.5. The fraction of sp³-hybridized carbons (Fsp3) is 0.867. The van der Waals surface area contributed by atoms with Crippen LogP contribution in [0.4, 0.5) is 12.9 Å². The Hall–Kier alpha value is 1.19. The molecule has 1 saturated carbocycles. The minimum atomic E-state index is -4.93. The predicted octanol–water partition coefficient (Wildman–Crippen LogP) is 1.52. The van der Waals surface area contributed by atoms with Crippen molar-refractivity contribution in [1.82, 2.24) is 5.32 Å². The second kappa shape index (κ2) is 8.88. The molecule has 0 unspecified atom stereocenters. The standard InChI is InChI=1S/C15H26BF3N.K/c1-11-8-9-20-14(10-11)15(12(2)16(17,18)19)13-6-4-3-5-7-13;/h11,13-15,20H,2-10H2,1H3;/q-1;+1/t11-,14-,15-;/m0./s1. The first-order chi connectivity index (χ1) is 9.39. The van der Waals surface area contributed by atoms with E-state index in [1.807, 2.05) is 0 Å². The van der Waals surface area contributed by atoms with Crippen molar-refractivity contribution in [3.63, 3.8) is 0 Å². The van der Waals surface area contributed by atoms with Crippen molar-refractivity contribution in [2.75, 3.05) is 6.54 Å². The molecule has 116 valence electrons. The van der Waals surface area contributed by atoms with Crippen LogP contribution in [0, 0.1) is 17.8 Å². The fourth-order valence-electron chi connectivity index (χ4n) is 4.02. The summed E-state index contributed by atoms with van der Waals surface area (Å²) in [5.74, 6) is 0.279. The predicted molar refractivity (Wildman–Crippen MR) is 78.5 cm³/mol. The number of hydrogen-bond acceptors (Lipinski definition) is 1. The molecule has 0 amide bonds. The third kappa shape index (κ3) is 5.64. The number of rotatable bonds is 4. The maximum atomic E-state index is 13.2. The van der Waals surface area contributed by atoms with Crippen molar-refractivity contribution in [3.05, 3.63) is 12.1 Å². The minimum absolute atomic E-state index is 0. The van der Waals surface area contributed by atoms with E-state index in [2.05, 4.69) is 18.8 Å². The molecule has 3 atom stereocenters. The SMILES string of the molecule is C=C([C@@H](C1CCCCC1)[C@@H]1C[C@@H](C)CCN1)[B-](F)(F)F.[K+]. The normalized spacial score (nSPS) is 29.5. The Labute approximate surface area is 169 Å². The van der Waals surface area contributed by atoms with Gasteiger partial charge in [0.2, 0.25) is 0 Å². The van der Waals surface area contributed by atoms with Gasteiger partial charge in [0.1, 0.15) is 0 Å². The fourth-order valence-corrected chi connectivity index (χ4v) is 4.02. The molecule has 0 bridgehead atoms. The first-order valence-corrected chi connectivity index (χ1v) is 8.01. The summed E-state index contributed by atoms with van der Waals surface area (Å²) in [5.41, 5.74) is -0.441. The number of nitrogens with one attached hydrogen (secondary N) is 1. The van der Waals surface area contributed by atoms with E-state index in [1.165, 1.54) is 6.42 Å². The maximum Gasteiger partial charge on any atom is 1.00 e. The molecule has 21 heavy (non-hydrogen) atoms. The summed E-state index contributed by atoms with van der Waals surface area (Å²) >= 11 is 0. The number of hydrogen-bond donors (Lipinski definition) is 1. The van der Waals surface area contributed by atoms with Gasteiger partial charge in [0, 0.05) is 6.04 Å². The van der Waals surface area contributed by atoms with Gasteiger partial charge in [-0.05, 0) is 50.0 Å². The molecule has 0 aromatic rings. The summed E-state index contributed by atoms with van der Waals surface area (Å²) in [6, 6.07) is -0.0298. The van der Waals surface area contributed by atoms with Crippen LogP contribution in [-0.2, 0) is 0 Å². The molecule has 1 heterocycles. The van der Waals surface area contributed by atoms with Gasteiger partial charge in [0.25, 0.3) is 0 Å². The maximum absolute atomic E-state index is 13.2. The smallest absolute Gasteiger partial charge is 0.445 e. The van der Waals surface area contributed by atoms with Crippen LogP contribution in [-0.4, -0.2) is 19.6 Å². The molecular formula is C15H26BF3KN. The summed E-state index contributed by atoms with van der Waals surface area (Å²) in [5, 5.41) is 3.35. The molecule has 1 aliphatic heterocycles. The quantitative estimate of drug-likeness (QED) is 0.772. The van der Waals surface area contributed by atoms with E-state index in [9.17, 15) is 12.9 Å². The monoisotopic (exact) mass is 327 g/mol. The average molecular weight is 327 g/mol. The Kier molecular flexibility index (Phi) is 8.56. The van der Waals surface area contributed by atoms with Crippen LogP contribution in [0.1, 0.15) is 51.9 Å². The molecule has 1 aliphatic carbocycles. The number of halogens is 3. The molecule has 6 heteroatoms. The third-order valence-electron chi connectivity index (χ3n) is 5.14. The van der Waals surface area contributed by atoms with Crippen LogP contribution in [0.15, 0.2) is 12.1 Å². The molecule has 0 radical (unpaired) electrons. The Morgan fingerprint density at radius 3 is 2.29 bits per heavy atom. The van der Waals surface area contributed by atoms with Gasteiger partial charge in [-0.1, -0.05) is 26.2 Å². The third-order valence-corrected chi connectivity index (χ3v) is 5.14. The molecule has 1 saturated heterocycles. The first-order valence-electron chi connectivity index (χ1n) is 8.01. The van der Waals surface area contributed by atoms with Crippen molar-refractivity contribution >= 4 is 6.98 Å². The van der Waals surface area contributed by atoms with E-state index in [1.54, 1.807) is 0 Å². The van der Waals surface area contributed by atoms with E-state index >= 15 is 0 Å². The topological polar surface area (TPSA) is 12.0 Å². The van der Waals surface area contributed by atoms with Crippen LogP contribution in [0.25, 0.3) is 0 Å². The first kappa shape index (κ1) is 20.2. The zero-order chi connectivity index (χ0) is 14.8. The van der Waals surface area contributed by atoms with E-state index in [-0.39, 0.29) is 63.3 Å². The van der Waals surface area contributed by atoms with Gasteiger partial charge < -0.3 is 18.3 Å². The molecule has 0 aromatic carbocycles. The van der Waals surface area contributed by atoms with Crippen LogP contribution in [0.2, 0.25) is 0 Å². The van der Waals surface area contributed by atoms with Crippen molar-refractivity contribution in [2.24, 2.45) is 17.8 Å². The van der Waals surface area contributed by atoms with Gasteiger partial charge in [-0.15, -0.1) is 12.1 Å². The summed E-state index contributed by atoms with van der Waals surface area (Å²) in [7, 11) is 0. The van der Waals surface area contributed by atoms with Crippen LogP contribution >= 0.6 is 0 Å². The molecule has 1 nitrogen and oxygen atoms in total. The van der Waals surface area contributed by atoms with Gasteiger partial charge in [0.15, 0.2) is 0 Å². The van der Waals surface area contributed by atoms with Crippen LogP contribution in [0.5, 0.6) is 0 Å². The molecule has 0 spiro atoms. The largest absolute Gasteiger partial charge is 1.00 e. The Morgan fingerprint density at radius 1 is 1.14 bits per heavy atom. The van der Waals surface area contributed by atoms with Gasteiger partial charge >= 0.3 is 58.4 Å². The summed E-state index contributed by atoms with van der Waals surface area (Å²) in [6.07, 6.45) is 7.10. The van der Waals surface area contributed by atoms with Crippen molar-refractivity contribution in [2.45, 2.75) is 57.9 Å². The van der Waals surface area contributed by atoms with E-state index in [4.69, 9.17) is 0 Å². The Bertz CT molecular complexity index is 342. The van der Waals surface area contributed by atoms with Gasteiger partial charge in [-0.25, -0.2) is 0 Å². The summed E-state index contributed by atoms with van der Waals surface area (Å²) < 4.78 is 39.7. The summed E-state index contributed by atoms with van der Waals surface area (Å²) in [4.78, 5) is 0. The van der Waals surface area contributed by atoms with E-state index < -0.39 is 18.4 Å². The van der Waals surface area contributed by atoms with Gasteiger partial charge in [-0.2, -0.15) is 0 Å². The average Bonchev–Trinajstić information content (AvgIpc) is 2.39. The van der Waals surface area contributed by atoms with Crippen molar-refractivity contribution < 1.29 is 64.3 Å².